The third-order valence-electron chi connectivity index (χ3n) is 9.77. The van der Waals surface area contributed by atoms with Crippen LogP contribution in [0, 0.1) is 0 Å². The van der Waals surface area contributed by atoms with Crippen molar-refractivity contribution in [3.63, 3.8) is 0 Å². The number of hydrogen-bond acceptors (Lipinski definition) is 6. The van der Waals surface area contributed by atoms with E-state index in [0.717, 1.165) is 89.9 Å². The SMILES string of the molecule is CC\C=C/C=C\C=C/C=C\C=C/CCCCCC(=O)OCC(COC(=O)CCCCCCCCCCCCC)OC(=O)CCCCCCCCC\C=C/C=C\C=C/CC. The predicted octanol–water partition coefficient (Wildman–Crippen LogP) is 15.4. The molecule has 1 unspecified atom stereocenters. The maximum absolute atomic E-state index is 12.8. The number of carbonyl (C=O) groups is 3. The molecule has 0 aliphatic heterocycles. The summed E-state index contributed by atoms with van der Waals surface area (Å²) >= 11 is 0. The molecule has 6 heteroatoms. The monoisotopic (exact) mass is 819 g/mol. The summed E-state index contributed by atoms with van der Waals surface area (Å²) in [6, 6.07) is 0. The molecule has 0 aromatic rings. The summed E-state index contributed by atoms with van der Waals surface area (Å²) in [7, 11) is 0. The molecular weight excluding hydrogens is 733 g/mol. The van der Waals surface area contributed by atoms with Gasteiger partial charge in [0, 0.05) is 19.3 Å². The summed E-state index contributed by atoms with van der Waals surface area (Å²) in [5, 5.41) is 0. The van der Waals surface area contributed by atoms with Crippen molar-refractivity contribution in [3.8, 4) is 0 Å². The van der Waals surface area contributed by atoms with Crippen LogP contribution in [0.4, 0.5) is 0 Å². The van der Waals surface area contributed by atoms with Crippen molar-refractivity contribution < 1.29 is 28.6 Å². The van der Waals surface area contributed by atoms with Crippen LogP contribution in [0.1, 0.15) is 201 Å². The van der Waals surface area contributed by atoms with Crippen molar-refractivity contribution in [1.29, 1.82) is 0 Å². The van der Waals surface area contributed by atoms with Crippen LogP contribution >= 0.6 is 0 Å². The molecule has 0 saturated carbocycles. The summed E-state index contributed by atoms with van der Waals surface area (Å²) in [4.78, 5) is 37.8. The molecule has 334 valence electrons. The molecule has 1 atom stereocenters. The summed E-state index contributed by atoms with van der Waals surface area (Å²) < 4.78 is 16.7. The maximum Gasteiger partial charge on any atom is 0.306 e. The van der Waals surface area contributed by atoms with Crippen molar-refractivity contribution in [1.82, 2.24) is 0 Å². The highest BCUT2D eigenvalue weighted by molar-refractivity contribution is 5.71. The number of carbonyl (C=O) groups excluding carboxylic acids is 3. The highest BCUT2D eigenvalue weighted by Crippen LogP contribution is 2.14. The van der Waals surface area contributed by atoms with Gasteiger partial charge in [-0.15, -0.1) is 0 Å². The van der Waals surface area contributed by atoms with Gasteiger partial charge >= 0.3 is 17.9 Å². The van der Waals surface area contributed by atoms with E-state index < -0.39 is 6.10 Å². The third kappa shape index (κ3) is 45.3. The number of esters is 3. The lowest BCUT2D eigenvalue weighted by Crippen LogP contribution is -2.30. The lowest BCUT2D eigenvalue weighted by Gasteiger charge is -2.18. The zero-order valence-corrected chi connectivity index (χ0v) is 38.0. The number of unbranched alkanes of at least 4 members (excludes halogenated alkanes) is 20. The summed E-state index contributed by atoms with van der Waals surface area (Å²) in [6.45, 7) is 6.29. The van der Waals surface area contributed by atoms with Gasteiger partial charge in [0.15, 0.2) is 6.10 Å². The largest absolute Gasteiger partial charge is 0.462 e. The highest BCUT2D eigenvalue weighted by atomic mass is 16.6. The average molecular weight is 819 g/mol. The fourth-order valence-corrected chi connectivity index (χ4v) is 6.23. The lowest BCUT2D eigenvalue weighted by atomic mass is 10.1. The molecule has 0 N–H and O–H groups in total. The zero-order valence-electron chi connectivity index (χ0n) is 38.0. The van der Waals surface area contributed by atoms with Crippen LogP contribution in [0.3, 0.4) is 0 Å². The summed E-state index contributed by atoms with van der Waals surface area (Å²) in [5.41, 5.74) is 0. The Morgan fingerprint density at radius 3 is 1.05 bits per heavy atom. The normalized spacial score (nSPS) is 12.9. The highest BCUT2D eigenvalue weighted by Gasteiger charge is 2.19. The molecule has 0 aliphatic carbocycles. The van der Waals surface area contributed by atoms with Crippen LogP contribution in [0.25, 0.3) is 0 Å². The van der Waals surface area contributed by atoms with E-state index in [1.807, 2.05) is 48.6 Å². The Hall–Kier alpha value is -3.67. The van der Waals surface area contributed by atoms with E-state index in [1.54, 1.807) is 0 Å². The van der Waals surface area contributed by atoms with Crippen LogP contribution in [0.5, 0.6) is 0 Å². The van der Waals surface area contributed by atoms with Gasteiger partial charge in [0.05, 0.1) is 0 Å². The molecule has 0 spiro atoms. The van der Waals surface area contributed by atoms with Crippen molar-refractivity contribution in [2.24, 2.45) is 0 Å². The fraction of sp³-hybridized carbons (Fsp3) is 0.642. The molecule has 0 bridgehead atoms. The first-order chi connectivity index (χ1) is 29.0. The van der Waals surface area contributed by atoms with Crippen molar-refractivity contribution >= 4 is 17.9 Å². The minimum atomic E-state index is -0.799. The van der Waals surface area contributed by atoms with Gasteiger partial charge < -0.3 is 14.2 Å². The van der Waals surface area contributed by atoms with Gasteiger partial charge in [0.25, 0.3) is 0 Å². The molecule has 0 radical (unpaired) electrons. The smallest absolute Gasteiger partial charge is 0.306 e. The Labute approximate surface area is 362 Å². The number of allylic oxidation sites excluding steroid dienone is 16. The summed E-state index contributed by atoms with van der Waals surface area (Å²) in [6.07, 6.45) is 61.0. The van der Waals surface area contributed by atoms with Crippen LogP contribution in [-0.4, -0.2) is 37.2 Å². The van der Waals surface area contributed by atoms with Crippen molar-refractivity contribution in [2.45, 2.75) is 207 Å². The molecule has 0 aromatic carbocycles. The van der Waals surface area contributed by atoms with Crippen LogP contribution in [0.15, 0.2) is 97.2 Å². The molecular formula is C53H86O6. The molecule has 0 fully saturated rings. The van der Waals surface area contributed by atoms with E-state index in [-0.39, 0.29) is 31.1 Å². The molecule has 0 heterocycles. The Kier molecular flexibility index (Phi) is 44.1. The van der Waals surface area contributed by atoms with Crippen molar-refractivity contribution in [2.75, 3.05) is 13.2 Å². The second-order valence-electron chi connectivity index (χ2n) is 15.4. The average Bonchev–Trinajstić information content (AvgIpc) is 3.23. The molecule has 6 nitrogen and oxygen atoms in total. The fourth-order valence-electron chi connectivity index (χ4n) is 6.23. The number of rotatable bonds is 41. The second-order valence-corrected chi connectivity index (χ2v) is 15.4. The van der Waals surface area contributed by atoms with Gasteiger partial charge in [0.1, 0.15) is 13.2 Å². The predicted molar refractivity (Wildman–Crippen MR) is 251 cm³/mol. The van der Waals surface area contributed by atoms with E-state index >= 15 is 0 Å². The molecule has 0 saturated heterocycles. The Morgan fingerprint density at radius 1 is 0.356 bits per heavy atom. The Bertz CT molecular complexity index is 1220. The molecule has 0 amide bonds. The molecule has 0 aromatic heterocycles. The van der Waals surface area contributed by atoms with Crippen LogP contribution < -0.4 is 0 Å². The van der Waals surface area contributed by atoms with Crippen LogP contribution in [-0.2, 0) is 28.6 Å². The first-order valence-electron chi connectivity index (χ1n) is 23.8. The van der Waals surface area contributed by atoms with E-state index in [4.69, 9.17) is 14.2 Å². The standard InChI is InChI=1S/C53H86O6/c1-4-7-10-13-16-19-22-24-26-28-31-34-37-40-43-46-52(55)58-49-50(48-57-51(54)45-42-39-36-33-30-21-18-15-12-9-6-3)59-53(56)47-44-41-38-35-32-29-27-25-23-20-17-14-11-8-5-2/h7-8,10-11,13-14,16-17,19-20,22-24,26,28,31,50H,4-6,9,12,15,18,21,25,27,29-30,32-49H2,1-3H3/b10-7-,11-8-,16-13-,17-14-,22-19-,23-20-,26-24-,31-28-. The van der Waals surface area contributed by atoms with Gasteiger partial charge in [-0.2, -0.15) is 0 Å². The van der Waals surface area contributed by atoms with Gasteiger partial charge in [-0.05, 0) is 57.8 Å². The van der Waals surface area contributed by atoms with E-state index in [1.165, 1.54) is 70.6 Å². The van der Waals surface area contributed by atoms with Gasteiger partial charge in [0.2, 0.25) is 0 Å². The quantitative estimate of drug-likeness (QED) is 0.0265. The first kappa shape index (κ1) is 55.3. The van der Waals surface area contributed by atoms with E-state index in [2.05, 4.69) is 69.4 Å². The lowest BCUT2D eigenvalue weighted by molar-refractivity contribution is -0.167. The topological polar surface area (TPSA) is 78.9 Å². The molecule has 59 heavy (non-hydrogen) atoms. The zero-order chi connectivity index (χ0) is 43.0. The molecule has 0 rings (SSSR count). The molecule has 0 aliphatic rings. The number of ether oxygens (including phenoxy) is 3. The Morgan fingerprint density at radius 2 is 0.661 bits per heavy atom. The minimum Gasteiger partial charge on any atom is -0.462 e. The van der Waals surface area contributed by atoms with Crippen LogP contribution in [0.2, 0.25) is 0 Å². The second kappa shape index (κ2) is 47.0. The number of hydrogen-bond donors (Lipinski definition) is 0. The summed E-state index contributed by atoms with van der Waals surface area (Å²) in [5.74, 6) is -0.959. The van der Waals surface area contributed by atoms with Gasteiger partial charge in [-0.25, -0.2) is 0 Å². The van der Waals surface area contributed by atoms with Crippen molar-refractivity contribution in [3.05, 3.63) is 97.2 Å². The minimum absolute atomic E-state index is 0.0964. The third-order valence-corrected chi connectivity index (χ3v) is 9.77. The first-order valence-corrected chi connectivity index (χ1v) is 23.8. The maximum atomic E-state index is 12.8. The Balaban J connectivity index is 4.49. The van der Waals surface area contributed by atoms with Gasteiger partial charge in [-0.3, -0.25) is 14.4 Å². The van der Waals surface area contributed by atoms with E-state index in [0.29, 0.717) is 19.3 Å². The van der Waals surface area contributed by atoms with E-state index in [9.17, 15) is 14.4 Å². The van der Waals surface area contributed by atoms with Gasteiger partial charge in [-0.1, -0.05) is 221 Å².